The Morgan fingerprint density at radius 1 is 1.07 bits per heavy atom. The molecule has 4 rings (SSSR count). The molecule has 7 heteroatoms. The Kier molecular flexibility index (Phi) is 5.39. The Balaban J connectivity index is 1.52. The molecule has 7 nitrogen and oxygen atoms in total. The Bertz CT molecular complexity index is 942. The minimum atomic E-state index is -1.10. The summed E-state index contributed by atoms with van der Waals surface area (Å²) in [4.78, 5) is 28.7. The molecule has 0 aromatic heterocycles. The second-order valence-corrected chi connectivity index (χ2v) is 8.14. The van der Waals surface area contributed by atoms with E-state index < -0.39 is 5.54 Å². The molecule has 1 aliphatic heterocycles. The number of ether oxygens (including phenoxy) is 2. The Morgan fingerprint density at radius 3 is 2.40 bits per heavy atom. The summed E-state index contributed by atoms with van der Waals surface area (Å²) in [5.74, 6) is 1.24. The third-order valence-electron chi connectivity index (χ3n) is 6.03. The minimum Gasteiger partial charge on any atom is -0.497 e. The summed E-state index contributed by atoms with van der Waals surface area (Å²) in [7, 11) is 3.23. The highest BCUT2D eigenvalue weighted by molar-refractivity contribution is 6.07. The van der Waals surface area contributed by atoms with Crippen LogP contribution in [0.3, 0.4) is 0 Å². The van der Waals surface area contributed by atoms with Crippen LogP contribution in [0.5, 0.6) is 11.5 Å². The lowest BCUT2D eigenvalue weighted by Gasteiger charge is -2.25. The van der Waals surface area contributed by atoms with Gasteiger partial charge in [-0.1, -0.05) is 12.1 Å². The Morgan fingerprint density at radius 2 is 1.77 bits per heavy atom. The standard InChI is InChI=1S/C23H27N3O4/c1-23(17-5-4-6-20(13-17)30-3)21(27)26(22(28)24-23)15-25(18-9-10-18)14-16-7-11-19(29-2)12-8-16/h4-8,11-13,18H,9-10,14-15H2,1-3H3,(H,24,28)/p+1/t23-/m1/s1. The molecule has 0 radical (unpaired) electrons. The second-order valence-electron chi connectivity index (χ2n) is 8.14. The van der Waals surface area contributed by atoms with Gasteiger partial charge in [0.2, 0.25) is 0 Å². The average Bonchev–Trinajstić information content (AvgIpc) is 3.58. The zero-order chi connectivity index (χ0) is 21.3. The van der Waals surface area contributed by atoms with E-state index >= 15 is 0 Å². The van der Waals surface area contributed by atoms with Crippen molar-refractivity contribution in [3.8, 4) is 11.5 Å². The lowest BCUT2D eigenvalue weighted by Crippen LogP contribution is -3.13. The van der Waals surface area contributed by atoms with Crippen molar-refractivity contribution in [2.75, 3.05) is 20.9 Å². The quantitative estimate of drug-likeness (QED) is 0.650. The summed E-state index contributed by atoms with van der Waals surface area (Å²) in [5.41, 5.74) is 0.770. The number of benzene rings is 2. The minimum absolute atomic E-state index is 0.228. The first-order valence-electron chi connectivity index (χ1n) is 10.2. The van der Waals surface area contributed by atoms with E-state index in [1.807, 2.05) is 42.5 Å². The second kappa shape index (κ2) is 7.99. The molecule has 2 aliphatic rings. The third kappa shape index (κ3) is 3.85. The molecule has 1 saturated carbocycles. The molecular weight excluding hydrogens is 382 g/mol. The highest BCUT2D eigenvalue weighted by Gasteiger charge is 2.51. The van der Waals surface area contributed by atoms with Crippen LogP contribution < -0.4 is 19.7 Å². The summed E-state index contributed by atoms with van der Waals surface area (Å²) >= 11 is 0. The number of nitrogens with zero attached hydrogens (tertiary/aromatic N) is 1. The van der Waals surface area contributed by atoms with E-state index in [-0.39, 0.29) is 11.9 Å². The summed E-state index contributed by atoms with van der Waals surface area (Å²) < 4.78 is 10.5. The van der Waals surface area contributed by atoms with Crippen LogP contribution in [0.2, 0.25) is 0 Å². The van der Waals surface area contributed by atoms with Crippen LogP contribution in [0.25, 0.3) is 0 Å². The molecule has 30 heavy (non-hydrogen) atoms. The van der Waals surface area contributed by atoms with Crippen LogP contribution >= 0.6 is 0 Å². The lowest BCUT2D eigenvalue weighted by atomic mass is 9.92. The van der Waals surface area contributed by atoms with E-state index in [4.69, 9.17) is 9.47 Å². The van der Waals surface area contributed by atoms with Crippen LogP contribution in [-0.4, -0.2) is 43.8 Å². The van der Waals surface area contributed by atoms with Gasteiger partial charge < -0.3 is 19.7 Å². The zero-order valence-electron chi connectivity index (χ0n) is 17.6. The van der Waals surface area contributed by atoms with Gasteiger partial charge >= 0.3 is 6.03 Å². The van der Waals surface area contributed by atoms with Crippen molar-refractivity contribution in [3.63, 3.8) is 0 Å². The molecule has 0 bridgehead atoms. The molecule has 0 spiro atoms. The summed E-state index contributed by atoms with van der Waals surface area (Å²) in [5, 5.41) is 2.89. The maximum atomic E-state index is 13.3. The monoisotopic (exact) mass is 410 g/mol. The number of hydrogen-bond donors (Lipinski definition) is 2. The third-order valence-corrected chi connectivity index (χ3v) is 6.03. The van der Waals surface area contributed by atoms with Crippen LogP contribution in [-0.2, 0) is 16.9 Å². The molecule has 158 valence electrons. The van der Waals surface area contributed by atoms with Crippen LogP contribution in [0.4, 0.5) is 4.79 Å². The van der Waals surface area contributed by atoms with Gasteiger partial charge in [-0.25, -0.2) is 9.69 Å². The fourth-order valence-electron chi connectivity index (χ4n) is 4.00. The Hall–Kier alpha value is -3.06. The van der Waals surface area contributed by atoms with Crippen LogP contribution in [0.1, 0.15) is 30.9 Å². The first-order chi connectivity index (χ1) is 14.4. The van der Waals surface area contributed by atoms with Crippen molar-refractivity contribution in [2.45, 2.75) is 37.9 Å². The molecule has 2 N–H and O–H groups in total. The lowest BCUT2D eigenvalue weighted by molar-refractivity contribution is -0.931. The highest BCUT2D eigenvalue weighted by atomic mass is 16.5. The molecule has 1 unspecified atom stereocenters. The van der Waals surface area contributed by atoms with Crippen LogP contribution in [0.15, 0.2) is 48.5 Å². The van der Waals surface area contributed by atoms with Gasteiger partial charge in [-0.2, -0.15) is 0 Å². The topological polar surface area (TPSA) is 72.3 Å². The molecule has 3 amide bonds. The number of urea groups is 1. The van der Waals surface area contributed by atoms with Crippen molar-refractivity contribution in [1.29, 1.82) is 0 Å². The molecule has 2 aromatic rings. The van der Waals surface area contributed by atoms with E-state index in [9.17, 15) is 9.59 Å². The smallest absolute Gasteiger partial charge is 0.329 e. The highest BCUT2D eigenvalue weighted by Crippen LogP contribution is 2.30. The average molecular weight is 410 g/mol. The largest absolute Gasteiger partial charge is 0.497 e. The van der Waals surface area contributed by atoms with E-state index in [0.29, 0.717) is 24.0 Å². The normalized spacial score (nSPS) is 22.0. The summed E-state index contributed by atoms with van der Waals surface area (Å²) in [6.07, 6.45) is 2.23. The number of imide groups is 1. The molecule has 1 aliphatic carbocycles. The first-order valence-corrected chi connectivity index (χ1v) is 10.2. The fraction of sp³-hybridized carbons (Fsp3) is 0.391. The van der Waals surface area contributed by atoms with E-state index in [1.54, 1.807) is 27.2 Å². The van der Waals surface area contributed by atoms with Gasteiger partial charge in [-0.05, 0) is 48.9 Å². The number of hydrogen-bond acceptors (Lipinski definition) is 4. The SMILES string of the molecule is COc1ccc(C[NH+](CN2C(=O)N[C@](C)(c3cccc(OC)c3)C2=O)C2CC2)cc1. The number of methoxy groups -OCH3 is 2. The van der Waals surface area contributed by atoms with Crippen molar-refractivity contribution >= 4 is 11.9 Å². The van der Waals surface area contributed by atoms with Gasteiger partial charge in [0.1, 0.15) is 23.6 Å². The van der Waals surface area contributed by atoms with Gasteiger partial charge in [0.15, 0.2) is 6.67 Å². The predicted molar refractivity (Wildman–Crippen MR) is 111 cm³/mol. The number of amides is 3. The summed E-state index contributed by atoms with van der Waals surface area (Å²) in [6, 6.07) is 15.3. The molecule has 1 saturated heterocycles. The molecule has 2 atom stereocenters. The summed E-state index contributed by atoms with van der Waals surface area (Å²) in [6.45, 7) is 2.85. The number of carbonyl (C=O) groups is 2. The van der Waals surface area contributed by atoms with Gasteiger partial charge in [-0.15, -0.1) is 0 Å². The van der Waals surface area contributed by atoms with Crippen LogP contribution in [0, 0.1) is 0 Å². The van der Waals surface area contributed by atoms with Crippen molar-refractivity contribution in [1.82, 2.24) is 10.2 Å². The Labute approximate surface area is 176 Å². The molecular formula is C23H28N3O4+. The molecule has 1 heterocycles. The van der Waals surface area contributed by atoms with Crippen molar-refractivity contribution < 1.29 is 24.0 Å². The van der Waals surface area contributed by atoms with E-state index in [2.05, 4.69) is 5.32 Å². The maximum absolute atomic E-state index is 13.3. The van der Waals surface area contributed by atoms with Gasteiger partial charge in [-0.3, -0.25) is 4.79 Å². The first kappa shape index (κ1) is 20.2. The predicted octanol–water partition coefficient (Wildman–Crippen LogP) is 1.68. The van der Waals surface area contributed by atoms with Crippen molar-refractivity contribution in [2.24, 2.45) is 0 Å². The number of carbonyl (C=O) groups excluding carboxylic acids is 2. The molecule has 2 aromatic carbocycles. The number of nitrogens with one attached hydrogen (secondary N) is 2. The van der Waals surface area contributed by atoms with Gasteiger partial charge in [0.05, 0.1) is 20.3 Å². The van der Waals surface area contributed by atoms with Gasteiger partial charge in [0.25, 0.3) is 5.91 Å². The van der Waals surface area contributed by atoms with E-state index in [1.165, 1.54) is 9.80 Å². The van der Waals surface area contributed by atoms with Crippen molar-refractivity contribution in [3.05, 3.63) is 59.7 Å². The number of rotatable bonds is 8. The number of quaternary nitrogens is 1. The van der Waals surface area contributed by atoms with E-state index in [0.717, 1.165) is 30.7 Å². The maximum Gasteiger partial charge on any atom is 0.329 e. The zero-order valence-corrected chi connectivity index (χ0v) is 17.6. The fourth-order valence-corrected chi connectivity index (χ4v) is 4.00. The van der Waals surface area contributed by atoms with Gasteiger partial charge in [0, 0.05) is 18.4 Å². The molecule has 2 fully saturated rings.